The van der Waals surface area contributed by atoms with Crippen LogP contribution in [-0.2, 0) is 15.1 Å². The van der Waals surface area contributed by atoms with Crippen LogP contribution in [0.25, 0.3) is 0 Å². The Morgan fingerprint density at radius 1 is 1.00 bits per heavy atom. The minimum absolute atomic E-state index is 0.0329. The number of carboxylic acid groups (broad SMARTS) is 1. The zero-order valence-electron chi connectivity index (χ0n) is 23.9. The molecular weight excluding hydrogens is 544 g/mol. The lowest BCUT2D eigenvalue weighted by Gasteiger charge is -2.31. The second-order valence-electron chi connectivity index (χ2n) is 11.1. The Morgan fingerprint density at radius 3 is 2.22 bits per heavy atom. The predicted octanol–water partition coefficient (Wildman–Crippen LogP) is 4.37. The first-order chi connectivity index (χ1) is 19.6. The molecule has 0 saturated carbocycles. The molecule has 2 aromatic carbocycles. The van der Waals surface area contributed by atoms with Gasteiger partial charge in [-0.15, -0.1) is 0 Å². The fourth-order valence-electron chi connectivity index (χ4n) is 5.21. The Bertz CT molecular complexity index is 1180. The molecule has 5 rings (SSSR count). The quantitative estimate of drug-likeness (QED) is 0.269. The third kappa shape index (κ3) is 8.61. The first-order valence-electron chi connectivity index (χ1n) is 14.0. The Labute approximate surface area is 245 Å². The Balaban J connectivity index is 1.27. The largest absolute Gasteiger partial charge is 0.480 e. The fourth-order valence-corrected chi connectivity index (χ4v) is 5.68. The topological polar surface area (TPSA) is 129 Å². The molecule has 11 heteroatoms. The summed E-state index contributed by atoms with van der Waals surface area (Å²) < 4.78 is 11.8. The number of benzene rings is 2. The van der Waals surface area contributed by atoms with E-state index in [9.17, 15) is 19.5 Å². The lowest BCUT2D eigenvalue weighted by molar-refractivity contribution is -0.139. The summed E-state index contributed by atoms with van der Waals surface area (Å²) in [5.74, 6) is 0.793. The van der Waals surface area contributed by atoms with Gasteiger partial charge in [-0.1, -0.05) is 12.1 Å². The number of nitrogens with one attached hydrogen (secondary N) is 3. The number of amides is 2. The molecule has 2 bridgehead atoms. The van der Waals surface area contributed by atoms with Crippen LogP contribution in [0.15, 0.2) is 48.5 Å². The predicted molar refractivity (Wildman–Crippen MR) is 158 cm³/mol. The zero-order chi connectivity index (χ0) is 29.4. The highest BCUT2D eigenvalue weighted by Crippen LogP contribution is 2.30. The summed E-state index contributed by atoms with van der Waals surface area (Å²) in [7, 11) is 0. The van der Waals surface area contributed by atoms with Crippen LogP contribution < -0.4 is 20.9 Å². The number of nitrogens with zero attached hydrogens (tertiary/aromatic N) is 1. The standard InChI is InChI=1S/C30H40N4O6S/c1-30(2,31-29(38)40-26-14-18-34-16-12-20(26)13-17-34)22-6-10-24(11-7-22)39-23-8-4-21(5-9-23)27(35)33-32-25(28(36)37)15-19-41-3/h4-11,20,25-26,32H,12-19H2,1-3H3,(H,31,38)(H,33,35)(H,36,37)/t25-,26?/m0/s1. The minimum Gasteiger partial charge on any atom is -0.480 e. The van der Waals surface area contributed by atoms with Crippen molar-refractivity contribution >= 4 is 29.7 Å². The number of hydrogen-bond donors (Lipinski definition) is 4. The summed E-state index contributed by atoms with van der Waals surface area (Å²) >= 11 is 1.54. The second kappa shape index (κ2) is 14.1. The van der Waals surface area contributed by atoms with E-state index in [0.717, 1.165) is 44.5 Å². The van der Waals surface area contributed by atoms with Gasteiger partial charge >= 0.3 is 12.1 Å². The van der Waals surface area contributed by atoms with Gasteiger partial charge in [0.1, 0.15) is 23.6 Å². The fraction of sp³-hybridized carbons (Fsp3) is 0.500. The Kier molecular flexibility index (Phi) is 10.5. The number of carbonyl (C=O) groups is 3. The smallest absolute Gasteiger partial charge is 0.408 e. The summed E-state index contributed by atoms with van der Waals surface area (Å²) in [4.78, 5) is 39.0. The third-order valence-corrected chi connectivity index (χ3v) is 8.40. The van der Waals surface area contributed by atoms with Crippen molar-refractivity contribution < 1.29 is 29.0 Å². The molecule has 2 aromatic rings. The van der Waals surface area contributed by atoms with E-state index in [2.05, 4.69) is 21.1 Å². The van der Waals surface area contributed by atoms with Crippen LogP contribution in [0.5, 0.6) is 11.5 Å². The van der Waals surface area contributed by atoms with E-state index < -0.39 is 29.6 Å². The van der Waals surface area contributed by atoms with Gasteiger partial charge in [0.25, 0.3) is 5.91 Å². The van der Waals surface area contributed by atoms with Crippen LogP contribution in [0, 0.1) is 5.92 Å². The molecule has 0 aliphatic carbocycles. The molecule has 41 heavy (non-hydrogen) atoms. The SMILES string of the molecule is CSCC[C@H](NNC(=O)c1ccc(Oc2ccc(C(C)(C)NC(=O)OC3CCN4CCC3CC4)cc2)cc1)C(=O)O. The number of carboxylic acids is 1. The molecule has 4 N–H and O–H groups in total. The van der Waals surface area contributed by atoms with Crippen molar-refractivity contribution in [3.8, 4) is 11.5 Å². The van der Waals surface area contributed by atoms with E-state index in [-0.39, 0.29) is 6.10 Å². The molecule has 222 valence electrons. The van der Waals surface area contributed by atoms with Crippen molar-refractivity contribution in [2.45, 2.75) is 57.2 Å². The maximum Gasteiger partial charge on any atom is 0.408 e. The van der Waals surface area contributed by atoms with Gasteiger partial charge in [0.05, 0.1) is 5.54 Å². The van der Waals surface area contributed by atoms with Crippen molar-refractivity contribution in [3.63, 3.8) is 0 Å². The molecule has 2 amide bonds. The van der Waals surface area contributed by atoms with E-state index in [1.165, 1.54) is 11.8 Å². The monoisotopic (exact) mass is 584 g/mol. The maximum absolute atomic E-state index is 12.8. The number of piperidine rings is 1. The summed E-state index contributed by atoms with van der Waals surface area (Å²) in [6, 6.07) is 13.1. The average Bonchev–Trinajstić information content (AvgIpc) is 3.26. The lowest BCUT2D eigenvalue weighted by atomic mass is 9.92. The van der Waals surface area contributed by atoms with Gasteiger partial charge in [0, 0.05) is 12.1 Å². The first-order valence-corrected chi connectivity index (χ1v) is 15.4. The van der Waals surface area contributed by atoms with E-state index in [1.54, 1.807) is 24.3 Å². The molecule has 3 saturated heterocycles. The van der Waals surface area contributed by atoms with Gasteiger partial charge < -0.3 is 24.8 Å². The highest BCUT2D eigenvalue weighted by Gasteiger charge is 2.34. The number of alkyl carbamates (subject to hydrolysis) is 1. The van der Waals surface area contributed by atoms with Crippen molar-refractivity contribution in [2.75, 3.05) is 31.6 Å². The van der Waals surface area contributed by atoms with Crippen molar-refractivity contribution in [3.05, 3.63) is 59.7 Å². The lowest BCUT2D eigenvalue weighted by Crippen LogP contribution is -2.48. The molecule has 2 atom stereocenters. The number of thioether (sulfide) groups is 1. The number of carbonyl (C=O) groups excluding carboxylic acids is 2. The molecule has 10 nitrogen and oxygen atoms in total. The van der Waals surface area contributed by atoms with Gasteiger partial charge in [-0.05, 0) is 113 Å². The highest BCUT2D eigenvalue weighted by molar-refractivity contribution is 7.98. The number of rotatable bonds is 12. The van der Waals surface area contributed by atoms with Crippen LogP contribution >= 0.6 is 11.8 Å². The van der Waals surface area contributed by atoms with Gasteiger partial charge in [-0.25, -0.2) is 10.2 Å². The van der Waals surface area contributed by atoms with E-state index >= 15 is 0 Å². The number of ether oxygens (including phenoxy) is 2. The Morgan fingerprint density at radius 2 is 1.61 bits per heavy atom. The normalized spacial score (nSPS) is 20.9. The average molecular weight is 585 g/mol. The first kappa shape index (κ1) is 30.7. The molecular formula is C30H40N4O6S. The van der Waals surface area contributed by atoms with Crippen LogP contribution in [0.4, 0.5) is 4.79 Å². The van der Waals surface area contributed by atoms with Crippen molar-refractivity contribution in [1.29, 1.82) is 0 Å². The van der Waals surface area contributed by atoms with Crippen LogP contribution in [0.2, 0.25) is 0 Å². The Hall–Kier alpha value is -3.28. The third-order valence-electron chi connectivity index (χ3n) is 7.76. The summed E-state index contributed by atoms with van der Waals surface area (Å²) in [5.41, 5.74) is 5.68. The van der Waals surface area contributed by atoms with E-state index in [1.807, 2.05) is 44.4 Å². The molecule has 0 spiro atoms. The summed E-state index contributed by atoms with van der Waals surface area (Å²) in [6.07, 6.45) is 4.92. The van der Waals surface area contributed by atoms with Crippen LogP contribution in [0.1, 0.15) is 55.5 Å². The number of hydrazine groups is 1. The van der Waals surface area contributed by atoms with Gasteiger partial charge in [-0.3, -0.25) is 15.0 Å². The van der Waals surface area contributed by atoms with Gasteiger partial charge in [0.2, 0.25) is 0 Å². The number of aliphatic carboxylic acids is 1. The molecule has 0 aromatic heterocycles. The van der Waals surface area contributed by atoms with Gasteiger partial charge in [0.15, 0.2) is 0 Å². The number of fused-ring (bicyclic) bond motifs is 4. The highest BCUT2D eigenvalue weighted by atomic mass is 32.2. The molecule has 3 fully saturated rings. The molecule has 0 radical (unpaired) electrons. The van der Waals surface area contributed by atoms with E-state index in [0.29, 0.717) is 35.2 Å². The van der Waals surface area contributed by atoms with Crippen molar-refractivity contribution in [2.24, 2.45) is 5.92 Å². The summed E-state index contributed by atoms with van der Waals surface area (Å²) in [6.45, 7) is 7.05. The van der Waals surface area contributed by atoms with E-state index in [4.69, 9.17) is 9.47 Å². The molecule has 3 aliphatic rings. The van der Waals surface area contributed by atoms with Gasteiger partial charge in [-0.2, -0.15) is 11.8 Å². The molecule has 1 unspecified atom stereocenters. The second-order valence-corrected chi connectivity index (χ2v) is 12.1. The summed E-state index contributed by atoms with van der Waals surface area (Å²) in [5, 5.41) is 12.3. The molecule has 3 heterocycles. The molecule has 3 aliphatic heterocycles. The zero-order valence-corrected chi connectivity index (χ0v) is 24.7. The number of hydrogen-bond acceptors (Lipinski definition) is 8. The van der Waals surface area contributed by atoms with Crippen LogP contribution in [0.3, 0.4) is 0 Å². The van der Waals surface area contributed by atoms with Crippen LogP contribution in [-0.4, -0.2) is 71.8 Å². The van der Waals surface area contributed by atoms with Crippen molar-refractivity contribution in [1.82, 2.24) is 21.1 Å². The maximum atomic E-state index is 12.8. The minimum atomic E-state index is -1.02.